The molecule has 106 valence electrons. The van der Waals surface area contributed by atoms with E-state index >= 15 is 0 Å². The Bertz CT molecular complexity index is 419. The van der Waals surface area contributed by atoms with Gasteiger partial charge >= 0.3 is 0 Å². The Morgan fingerprint density at radius 3 is 2.95 bits per heavy atom. The van der Waals surface area contributed by atoms with Crippen LogP contribution in [0.1, 0.15) is 31.4 Å². The topological polar surface area (TPSA) is 32.7 Å². The van der Waals surface area contributed by atoms with Gasteiger partial charge in [0.15, 0.2) is 0 Å². The highest BCUT2D eigenvalue weighted by molar-refractivity contribution is 5.29. The highest BCUT2D eigenvalue weighted by Gasteiger charge is 2.21. The van der Waals surface area contributed by atoms with Gasteiger partial charge in [-0.2, -0.15) is 0 Å². The molecule has 4 heteroatoms. The summed E-state index contributed by atoms with van der Waals surface area (Å²) in [6.45, 7) is 4.55. The van der Waals surface area contributed by atoms with Crippen LogP contribution in [-0.2, 0) is 4.74 Å². The number of hydrogen-bond donors (Lipinski definition) is 1. The first-order valence-electron chi connectivity index (χ1n) is 6.84. The van der Waals surface area contributed by atoms with E-state index in [-0.39, 0.29) is 17.6 Å². The lowest BCUT2D eigenvalue weighted by molar-refractivity contribution is 0.0370. The molecule has 2 atom stereocenters. The molecule has 0 saturated carbocycles. The van der Waals surface area contributed by atoms with Crippen molar-refractivity contribution in [3.63, 3.8) is 0 Å². The Kier molecular flexibility index (Phi) is 4.77. The average Bonchev–Trinajstić information content (AvgIpc) is 2.39. The summed E-state index contributed by atoms with van der Waals surface area (Å²) in [7, 11) is 2.01. The fourth-order valence-corrected chi connectivity index (χ4v) is 2.61. The van der Waals surface area contributed by atoms with E-state index < -0.39 is 0 Å². The zero-order valence-electron chi connectivity index (χ0n) is 11.6. The molecule has 1 aliphatic rings. The fourth-order valence-electron chi connectivity index (χ4n) is 2.61. The van der Waals surface area contributed by atoms with Gasteiger partial charge in [0.1, 0.15) is 11.6 Å². The molecule has 3 nitrogen and oxygen atoms in total. The number of hydrogen-bond acceptors (Lipinski definition) is 3. The molecule has 1 aromatic carbocycles. The summed E-state index contributed by atoms with van der Waals surface area (Å²) >= 11 is 0. The second kappa shape index (κ2) is 6.35. The van der Waals surface area contributed by atoms with Gasteiger partial charge < -0.3 is 9.84 Å². The number of rotatable bonds is 4. The number of phenols is 1. The Hall–Kier alpha value is -1.13. The minimum Gasteiger partial charge on any atom is -0.508 e. The number of ether oxygens (including phenoxy) is 1. The molecular weight excluding hydrogens is 245 g/mol. The summed E-state index contributed by atoms with van der Waals surface area (Å²) in [6, 6.07) is 4.35. The van der Waals surface area contributed by atoms with Crippen molar-refractivity contribution in [1.29, 1.82) is 0 Å². The summed E-state index contributed by atoms with van der Waals surface area (Å²) in [5.74, 6) is 0.150. The van der Waals surface area contributed by atoms with E-state index in [2.05, 4.69) is 4.90 Å². The van der Waals surface area contributed by atoms with Crippen molar-refractivity contribution in [2.45, 2.75) is 25.8 Å². The van der Waals surface area contributed by atoms with Crippen LogP contribution in [0.15, 0.2) is 18.2 Å². The monoisotopic (exact) mass is 267 g/mol. The third-order valence-electron chi connectivity index (χ3n) is 3.90. The number of phenolic OH excluding ortho intramolecular Hbond substituents is 1. The second-order valence-corrected chi connectivity index (χ2v) is 5.40. The van der Waals surface area contributed by atoms with Gasteiger partial charge in [0.25, 0.3) is 0 Å². The quantitative estimate of drug-likeness (QED) is 0.910. The van der Waals surface area contributed by atoms with Crippen molar-refractivity contribution in [2.75, 3.05) is 26.8 Å². The van der Waals surface area contributed by atoms with Crippen LogP contribution in [-0.4, -0.2) is 36.8 Å². The molecule has 0 bridgehead atoms. The molecule has 1 fully saturated rings. The van der Waals surface area contributed by atoms with Gasteiger partial charge in [0.2, 0.25) is 0 Å². The lowest BCUT2D eigenvalue weighted by Gasteiger charge is -2.31. The molecule has 1 heterocycles. The predicted octanol–water partition coefficient (Wildman–Crippen LogP) is 2.95. The van der Waals surface area contributed by atoms with Gasteiger partial charge in [0.05, 0.1) is 6.61 Å². The van der Waals surface area contributed by atoms with Crippen LogP contribution in [0, 0.1) is 11.7 Å². The van der Waals surface area contributed by atoms with Crippen LogP contribution >= 0.6 is 0 Å². The first kappa shape index (κ1) is 14.3. The van der Waals surface area contributed by atoms with Crippen LogP contribution in [0.5, 0.6) is 5.75 Å². The minimum absolute atomic E-state index is 0.0115. The van der Waals surface area contributed by atoms with Crippen LogP contribution in [0.25, 0.3) is 0 Å². The van der Waals surface area contributed by atoms with Crippen molar-refractivity contribution >= 4 is 0 Å². The zero-order valence-corrected chi connectivity index (χ0v) is 11.6. The summed E-state index contributed by atoms with van der Waals surface area (Å²) in [6.07, 6.45) is 2.29. The Morgan fingerprint density at radius 2 is 2.32 bits per heavy atom. The highest BCUT2D eigenvalue weighted by atomic mass is 19.1. The maximum absolute atomic E-state index is 13.8. The number of aromatic hydroxyl groups is 1. The molecule has 0 aromatic heterocycles. The lowest BCUT2D eigenvalue weighted by Crippen LogP contribution is -2.32. The Morgan fingerprint density at radius 1 is 1.53 bits per heavy atom. The molecule has 1 aromatic rings. The smallest absolute Gasteiger partial charge is 0.131 e. The fraction of sp³-hybridized carbons (Fsp3) is 0.600. The molecule has 2 unspecified atom stereocenters. The van der Waals surface area contributed by atoms with E-state index in [1.807, 2.05) is 14.0 Å². The van der Waals surface area contributed by atoms with E-state index in [1.165, 1.54) is 18.6 Å². The second-order valence-electron chi connectivity index (χ2n) is 5.40. The van der Waals surface area contributed by atoms with Gasteiger partial charge in [-0.05, 0) is 38.8 Å². The summed E-state index contributed by atoms with van der Waals surface area (Å²) in [4.78, 5) is 2.15. The predicted molar refractivity (Wildman–Crippen MR) is 72.7 cm³/mol. The van der Waals surface area contributed by atoms with Crippen LogP contribution in [0.2, 0.25) is 0 Å². The molecule has 0 aliphatic carbocycles. The SMILES string of the molecule is CC(c1ccc(O)cc1F)N(C)CC1CCCOC1. The van der Waals surface area contributed by atoms with Crippen LogP contribution < -0.4 is 0 Å². The van der Waals surface area contributed by atoms with E-state index in [0.717, 1.165) is 26.2 Å². The van der Waals surface area contributed by atoms with E-state index in [0.29, 0.717) is 11.5 Å². The average molecular weight is 267 g/mol. The zero-order chi connectivity index (χ0) is 13.8. The van der Waals surface area contributed by atoms with Gasteiger partial charge in [-0.15, -0.1) is 0 Å². The van der Waals surface area contributed by atoms with E-state index in [4.69, 9.17) is 4.74 Å². The van der Waals surface area contributed by atoms with Crippen molar-refractivity contribution in [3.05, 3.63) is 29.6 Å². The van der Waals surface area contributed by atoms with Gasteiger partial charge in [-0.25, -0.2) is 4.39 Å². The van der Waals surface area contributed by atoms with Crippen molar-refractivity contribution in [2.24, 2.45) is 5.92 Å². The summed E-state index contributed by atoms with van der Waals surface area (Å²) in [5.41, 5.74) is 0.622. The van der Waals surface area contributed by atoms with Gasteiger partial charge in [-0.1, -0.05) is 6.07 Å². The van der Waals surface area contributed by atoms with Gasteiger partial charge in [-0.3, -0.25) is 4.90 Å². The molecule has 0 radical (unpaired) electrons. The van der Waals surface area contributed by atoms with Crippen molar-refractivity contribution < 1.29 is 14.2 Å². The number of nitrogens with zero attached hydrogens (tertiary/aromatic N) is 1. The van der Waals surface area contributed by atoms with Gasteiger partial charge in [0, 0.05) is 30.8 Å². The molecular formula is C15H22FNO2. The molecule has 0 amide bonds. The lowest BCUT2D eigenvalue weighted by atomic mass is 9.99. The Labute approximate surface area is 114 Å². The molecule has 2 rings (SSSR count). The normalized spacial score (nSPS) is 21.6. The standard InChI is InChI=1S/C15H22FNO2/c1-11(14-6-5-13(18)8-15(14)16)17(2)9-12-4-3-7-19-10-12/h5-6,8,11-12,18H,3-4,7,9-10H2,1-2H3. The molecule has 19 heavy (non-hydrogen) atoms. The minimum atomic E-state index is -0.348. The molecule has 1 saturated heterocycles. The maximum Gasteiger partial charge on any atom is 0.131 e. The van der Waals surface area contributed by atoms with E-state index in [1.54, 1.807) is 6.07 Å². The Balaban J connectivity index is 1.99. The molecule has 0 spiro atoms. The summed E-state index contributed by atoms with van der Waals surface area (Å²) < 4.78 is 19.3. The largest absolute Gasteiger partial charge is 0.508 e. The third kappa shape index (κ3) is 3.67. The van der Waals surface area contributed by atoms with Crippen molar-refractivity contribution in [1.82, 2.24) is 4.90 Å². The van der Waals surface area contributed by atoms with Crippen LogP contribution in [0.4, 0.5) is 4.39 Å². The first-order valence-corrected chi connectivity index (χ1v) is 6.84. The van der Waals surface area contributed by atoms with Crippen molar-refractivity contribution in [3.8, 4) is 5.75 Å². The van der Waals surface area contributed by atoms with Crippen LogP contribution in [0.3, 0.4) is 0 Å². The summed E-state index contributed by atoms with van der Waals surface area (Å²) in [5, 5.41) is 9.25. The molecule has 1 N–H and O–H groups in total. The maximum atomic E-state index is 13.8. The third-order valence-corrected chi connectivity index (χ3v) is 3.90. The number of benzene rings is 1. The van der Waals surface area contributed by atoms with E-state index in [9.17, 15) is 9.50 Å². The number of halogens is 1. The highest BCUT2D eigenvalue weighted by Crippen LogP contribution is 2.26. The first-order chi connectivity index (χ1) is 9.08. The molecule has 1 aliphatic heterocycles.